The van der Waals surface area contributed by atoms with Crippen molar-refractivity contribution in [3.63, 3.8) is 0 Å². The average molecular weight is 338 g/mol. The maximum Gasteiger partial charge on any atom is 0.137 e. The highest BCUT2D eigenvalue weighted by molar-refractivity contribution is 9.10. The Morgan fingerprint density at radius 3 is 2.50 bits per heavy atom. The van der Waals surface area contributed by atoms with E-state index in [1.807, 2.05) is 0 Å². The van der Waals surface area contributed by atoms with Crippen molar-refractivity contribution in [2.45, 2.75) is 38.0 Å². The molecule has 3 heterocycles. The van der Waals surface area contributed by atoms with Gasteiger partial charge in [-0.1, -0.05) is 0 Å². The van der Waals surface area contributed by atoms with Crippen molar-refractivity contribution in [1.29, 1.82) is 0 Å². The maximum absolute atomic E-state index is 6.10. The van der Waals surface area contributed by atoms with Gasteiger partial charge in [-0.2, -0.15) is 0 Å². The molecule has 1 atom stereocenters. The zero-order chi connectivity index (χ0) is 13.5. The van der Waals surface area contributed by atoms with Crippen LogP contribution in [-0.4, -0.2) is 26.3 Å². The summed E-state index contributed by atoms with van der Waals surface area (Å²) in [4.78, 5) is 0. The SMILES string of the molecule is Brc1c2c(c(C3CCNC3)c3c1OCCC3)OCCC2. The van der Waals surface area contributed by atoms with Crippen LogP contribution < -0.4 is 14.8 Å². The normalized spacial score (nSPS) is 24.6. The van der Waals surface area contributed by atoms with E-state index in [9.17, 15) is 0 Å². The molecule has 0 radical (unpaired) electrons. The first-order valence-corrected chi connectivity index (χ1v) is 8.49. The van der Waals surface area contributed by atoms with Crippen LogP contribution in [0.2, 0.25) is 0 Å². The second-order valence-corrected chi connectivity index (χ2v) is 6.73. The van der Waals surface area contributed by atoms with Crippen LogP contribution in [0.15, 0.2) is 4.47 Å². The van der Waals surface area contributed by atoms with Crippen LogP contribution in [0.1, 0.15) is 41.9 Å². The Balaban J connectivity index is 1.93. The number of hydrogen-bond acceptors (Lipinski definition) is 3. The van der Waals surface area contributed by atoms with Crippen molar-refractivity contribution in [3.8, 4) is 11.5 Å². The Morgan fingerprint density at radius 1 is 1.00 bits per heavy atom. The first-order valence-electron chi connectivity index (χ1n) is 7.69. The Hall–Kier alpha value is -0.740. The summed E-state index contributed by atoms with van der Waals surface area (Å²) >= 11 is 3.77. The highest BCUT2D eigenvalue weighted by Gasteiger charge is 2.32. The molecule has 1 N–H and O–H groups in total. The molecule has 0 spiro atoms. The summed E-state index contributed by atoms with van der Waals surface area (Å²) in [6, 6.07) is 0. The predicted molar refractivity (Wildman–Crippen MR) is 82.0 cm³/mol. The number of ether oxygens (including phenoxy) is 2. The van der Waals surface area contributed by atoms with Crippen LogP contribution in [0.4, 0.5) is 0 Å². The van der Waals surface area contributed by atoms with E-state index in [1.165, 1.54) is 28.9 Å². The summed E-state index contributed by atoms with van der Waals surface area (Å²) in [6.45, 7) is 3.88. The molecular weight excluding hydrogens is 318 g/mol. The Morgan fingerprint density at radius 2 is 1.75 bits per heavy atom. The third-order valence-electron chi connectivity index (χ3n) is 4.69. The topological polar surface area (TPSA) is 30.5 Å². The molecule has 0 saturated carbocycles. The minimum absolute atomic E-state index is 0.588. The molecule has 4 rings (SSSR count). The number of benzene rings is 1. The van der Waals surface area contributed by atoms with Gasteiger partial charge in [-0.3, -0.25) is 0 Å². The lowest BCUT2D eigenvalue weighted by Crippen LogP contribution is -2.20. The van der Waals surface area contributed by atoms with E-state index in [0.717, 1.165) is 62.2 Å². The second-order valence-electron chi connectivity index (χ2n) is 5.94. The lowest BCUT2D eigenvalue weighted by molar-refractivity contribution is 0.265. The van der Waals surface area contributed by atoms with Crippen molar-refractivity contribution in [2.75, 3.05) is 26.3 Å². The zero-order valence-corrected chi connectivity index (χ0v) is 13.2. The highest BCUT2D eigenvalue weighted by atomic mass is 79.9. The van der Waals surface area contributed by atoms with E-state index in [1.54, 1.807) is 0 Å². The molecule has 108 valence electrons. The first kappa shape index (κ1) is 13.0. The number of hydrogen-bond donors (Lipinski definition) is 1. The van der Waals surface area contributed by atoms with Gasteiger partial charge in [0.1, 0.15) is 11.5 Å². The highest BCUT2D eigenvalue weighted by Crippen LogP contribution is 2.49. The van der Waals surface area contributed by atoms with Crippen molar-refractivity contribution in [3.05, 3.63) is 21.2 Å². The van der Waals surface area contributed by atoms with Crippen LogP contribution in [0, 0.1) is 0 Å². The molecule has 0 bridgehead atoms. The second kappa shape index (κ2) is 5.23. The summed E-state index contributed by atoms with van der Waals surface area (Å²) in [5.41, 5.74) is 4.18. The van der Waals surface area contributed by atoms with Crippen LogP contribution in [0.25, 0.3) is 0 Å². The van der Waals surface area contributed by atoms with Gasteiger partial charge in [-0.15, -0.1) is 0 Å². The Kier molecular flexibility index (Phi) is 3.39. The molecule has 0 amide bonds. The summed E-state index contributed by atoms with van der Waals surface area (Å²) in [5.74, 6) is 2.86. The van der Waals surface area contributed by atoms with E-state index >= 15 is 0 Å². The van der Waals surface area contributed by atoms with Crippen LogP contribution in [-0.2, 0) is 12.8 Å². The molecule has 4 heteroatoms. The molecule has 1 aromatic rings. The molecule has 3 aliphatic heterocycles. The van der Waals surface area contributed by atoms with Gasteiger partial charge in [-0.25, -0.2) is 0 Å². The lowest BCUT2D eigenvalue weighted by atomic mass is 9.85. The van der Waals surface area contributed by atoms with Crippen LogP contribution >= 0.6 is 15.9 Å². The van der Waals surface area contributed by atoms with Gasteiger partial charge in [0.2, 0.25) is 0 Å². The largest absolute Gasteiger partial charge is 0.493 e. The average Bonchev–Trinajstić information content (AvgIpc) is 3.02. The van der Waals surface area contributed by atoms with E-state index in [2.05, 4.69) is 21.2 Å². The molecule has 0 aliphatic carbocycles. The van der Waals surface area contributed by atoms with Crippen LogP contribution in [0.5, 0.6) is 11.5 Å². The van der Waals surface area contributed by atoms with Gasteiger partial charge in [0, 0.05) is 29.2 Å². The summed E-state index contributed by atoms with van der Waals surface area (Å²) in [5, 5.41) is 3.49. The third-order valence-corrected chi connectivity index (χ3v) is 5.52. The van der Waals surface area contributed by atoms with E-state index in [4.69, 9.17) is 9.47 Å². The van der Waals surface area contributed by atoms with Gasteiger partial charge in [-0.05, 0) is 54.6 Å². The Labute approximate surface area is 128 Å². The quantitative estimate of drug-likeness (QED) is 0.853. The molecule has 1 saturated heterocycles. The minimum atomic E-state index is 0.588. The smallest absolute Gasteiger partial charge is 0.137 e. The third kappa shape index (κ3) is 1.96. The molecule has 0 aromatic heterocycles. The number of fused-ring (bicyclic) bond motifs is 2. The molecule has 1 aromatic carbocycles. The molecular formula is C16H20BrNO2. The monoisotopic (exact) mass is 337 g/mol. The van der Waals surface area contributed by atoms with E-state index < -0.39 is 0 Å². The van der Waals surface area contributed by atoms with Crippen molar-refractivity contribution >= 4 is 15.9 Å². The maximum atomic E-state index is 6.10. The Bertz CT molecular complexity index is 501. The van der Waals surface area contributed by atoms with Gasteiger partial charge < -0.3 is 14.8 Å². The fourth-order valence-corrected chi connectivity index (χ4v) is 4.49. The number of rotatable bonds is 1. The van der Waals surface area contributed by atoms with Crippen LogP contribution in [0.3, 0.4) is 0 Å². The standard InChI is InChI=1S/C16H20BrNO2/c17-14-12-4-2-7-19-15(12)13(10-5-6-18-9-10)11-3-1-8-20-16(11)14/h10,18H,1-9H2. The van der Waals surface area contributed by atoms with Gasteiger partial charge in [0.25, 0.3) is 0 Å². The molecule has 1 fully saturated rings. The number of halogens is 1. The summed E-state index contributed by atoms with van der Waals surface area (Å²) in [6.07, 6.45) is 5.65. The van der Waals surface area contributed by atoms with Gasteiger partial charge in [0.05, 0.1) is 17.7 Å². The zero-order valence-electron chi connectivity index (χ0n) is 11.6. The van der Waals surface area contributed by atoms with Crippen molar-refractivity contribution in [2.24, 2.45) is 0 Å². The lowest BCUT2D eigenvalue weighted by Gasteiger charge is -2.31. The van der Waals surface area contributed by atoms with E-state index in [0.29, 0.717) is 5.92 Å². The summed E-state index contributed by atoms with van der Waals surface area (Å²) in [7, 11) is 0. The predicted octanol–water partition coefficient (Wildman–Crippen LogP) is 3.18. The van der Waals surface area contributed by atoms with Gasteiger partial charge >= 0.3 is 0 Å². The summed E-state index contributed by atoms with van der Waals surface area (Å²) < 4.78 is 13.2. The first-order chi connectivity index (χ1) is 9.86. The van der Waals surface area contributed by atoms with E-state index in [-0.39, 0.29) is 0 Å². The molecule has 3 aliphatic rings. The van der Waals surface area contributed by atoms with Crippen molar-refractivity contribution in [1.82, 2.24) is 5.32 Å². The fourth-order valence-electron chi connectivity index (χ4n) is 3.76. The minimum Gasteiger partial charge on any atom is -0.493 e. The molecule has 20 heavy (non-hydrogen) atoms. The van der Waals surface area contributed by atoms with Crippen molar-refractivity contribution < 1.29 is 9.47 Å². The molecule has 1 unspecified atom stereocenters. The number of nitrogens with one attached hydrogen (secondary N) is 1. The van der Waals surface area contributed by atoms with Gasteiger partial charge in [0.15, 0.2) is 0 Å². The fraction of sp³-hybridized carbons (Fsp3) is 0.625. The molecule has 3 nitrogen and oxygen atoms in total.